The third-order valence-electron chi connectivity index (χ3n) is 3.77. The van der Waals surface area contributed by atoms with E-state index in [0.29, 0.717) is 6.54 Å². The topological polar surface area (TPSA) is 29.3 Å². The highest BCUT2D eigenvalue weighted by molar-refractivity contribution is 5.38. The summed E-state index contributed by atoms with van der Waals surface area (Å²) in [5, 5.41) is 0. The molecule has 0 aliphatic heterocycles. The molecule has 0 heterocycles. The summed E-state index contributed by atoms with van der Waals surface area (Å²) in [6.07, 6.45) is 0.897. The van der Waals surface area contributed by atoms with Crippen molar-refractivity contribution in [1.29, 1.82) is 0 Å². The van der Waals surface area contributed by atoms with Gasteiger partial charge < -0.3 is 5.73 Å². The Kier molecular flexibility index (Phi) is 4.35. The van der Waals surface area contributed by atoms with Crippen molar-refractivity contribution < 1.29 is 0 Å². The van der Waals surface area contributed by atoms with E-state index in [2.05, 4.69) is 79.7 Å². The van der Waals surface area contributed by atoms with E-state index in [4.69, 9.17) is 5.73 Å². The second-order valence-corrected chi connectivity index (χ2v) is 5.03. The van der Waals surface area contributed by atoms with Crippen LogP contribution in [0.3, 0.4) is 0 Å². The predicted molar refractivity (Wildman–Crippen MR) is 81.0 cm³/mol. The van der Waals surface area contributed by atoms with E-state index >= 15 is 0 Å². The molecular formula is C17H22N2. The SMILES string of the molecule is CN(C)C(CCN)(c1ccccc1)c1ccccc1. The minimum absolute atomic E-state index is 0.155. The first-order valence-corrected chi connectivity index (χ1v) is 6.70. The molecule has 0 atom stereocenters. The van der Waals surface area contributed by atoms with Crippen molar-refractivity contribution in [2.45, 2.75) is 12.0 Å². The molecule has 0 radical (unpaired) electrons. The maximum Gasteiger partial charge on any atom is 0.0722 e. The van der Waals surface area contributed by atoms with Crippen LogP contribution in [-0.2, 0) is 5.54 Å². The van der Waals surface area contributed by atoms with Gasteiger partial charge in [-0.3, -0.25) is 4.90 Å². The Morgan fingerprint density at radius 3 is 1.58 bits per heavy atom. The smallest absolute Gasteiger partial charge is 0.0722 e. The third-order valence-corrected chi connectivity index (χ3v) is 3.77. The van der Waals surface area contributed by atoms with Crippen molar-refractivity contribution in [1.82, 2.24) is 4.90 Å². The highest BCUT2D eigenvalue weighted by Gasteiger charge is 2.35. The molecule has 19 heavy (non-hydrogen) atoms. The van der Waals surface area contributed by atoms with Gasteiger partial charge in [0.1, 0.15) is 0 Å². The van der Waals surface area contributed by atoms with Gasteiger partial charge in [-0.1, -0.05) is 60.7 Å². The van der Waals surface area contributed by atoms with Crippen molar-refractivity contribution >= 4 is 0 Å². The third kappa shape index (κ3) is 2.55. The summed E-state index contributed by atoms with van der Waals surface area (Å²) < 4.78 is 0. The Bertz CT molecular complexity index is 452. The first-order valence-electron chi connectivity index (χ1n) is 6.70. The number of hydrogen-bond acceptors (Lipinski definition) is 2. The Balaban J connectivity index is 2.61. The minimum atomic E-state index is -0.155. The molecule has 0 saturated heterocycles. The molecule has 0 saturated carbocycles. The van der Waals surface area contributed by atoms with Crippen molar-refractivity contribution in [3.05, 3.63) is 71.8 Å². The second kappa shape index (κ2) is 6.00. The molecule has 0 amide bonds. The zero-order valence-corrected chi connectivity index (χ0v) is 11.7. The summed E-state index contributed by atoms with van der Waals surface area (Å²) in [6.45, 7) is 0.655. The second-order valence-electron chi connectivity index (χ2n) is 5.03. The lowest BCUT2D eigenvalue weighted by Crippen LogP contribution is -2.44. The van der Waals surface area contributed by atoms with Crippen LogP contribution in [0, 0.1) is 0 Å². The molecule has 0 spiro atoms. The van der Waals surface area contributed by atoms with Crippen LogP contribution < -0.4 is 5.73 Å². The number of nitrogens with two attached hydrogens (primary N) is 1. The lowest BCUT2D eigenvalue weighted by molar-refractivity contribution is 0.188. The minimum Gasteiger partial charge on any atom is -0.330 e. The first-order chi connectivity index (χ1) is 9.21. The fourth-order valence-corrected chi connectivity index (χ4v) is 2.83. The maximum atomic E-state index is 5.90. The summed E-state index contributed by atoms with van der Waals surface area (Å²) in [5.41, 5.74) is 8.32. The van der Waals surface area contributed by atoms with E-state index in [9.17, 15) is 0 Å². The van der Waals surface area contributed by atoms with Crippen LogP contribution in [0.25, 0.3) is 0 Å². The van der Waals surface area contributed by atoms with Gasteiger partial charge in [0.25, 0.3) is 0 Å². The van der Waals surface area contributed by atoms with Gasteiger partial charge >= 0.3 is 0 Å². The Morgan fingerprint density at radius 1 is 0.842 bits per heavy atom. The number of rotatable bonds is 5. The molecule has 2 N–H and O–H groups in total. The van der Waals surface area contributed by atoms with Gasteiger partial charge in [-0.15, -0.1) is 0 Å². The number of benzene rings is 2. The molecule has 0 aromatic heterocycles. The molecule has 2 aromatic rings. The van der Waals surface area contributed by atoms with E-state index < -0.39 is 0 Å². The zero-order chi connectivity index (χ0) is 13.7. The van der Waals surface area contributed by atoms with Gasteiger partial charge in [-0.05, 0) is 38.2 Å². The summed E-state index contributed by atoms with van der Waals surface area (Å²) in [4.78, 5) is 2.27. The average Bonchev–Trinajstić information content (AvgIpc) is 2.46. The fraction of sp³-hybridized carbons (Fsp3) is 0.294. The predicted octanol–water partition coefficient (Wildman–Crippen LogP) is 2.84. The van der Waals surface area contributed by atoms with E-state index in [1.807, 2.05) is 0 Å². The average molecular weight is 254 g/mol. The summed E-state index contributed by atoms with van der Waals surface area (Å²) in [7, 11) is 4.24. The van der Waals surface area contributed by atoms with Crippen LogP contribution in [0.5, 0.6) is 0 Å². The lowest BCUT2D eigenvalue weighted by atomic mass is 9.79. The van der Waals surface area contributed by atoms with E-state index in [1.165, 1.54) is 11.1 Å². The van der Waals surface area contributed by atoms with Crippen molar-refractivity contribution in [3.63, 3.8) is 0 Å². The van der Waals surface area contributed by atoms with Gasteiger partial charge in [-0.25, -0.2) is 0 Å². The molecule has 2 aromatic carbocycles. The van der Waals surface area contributed by atoms with Crippen LogP contribution >= 0.6 is 0 Å². The Labute approximate surface area is 115 Å². The molecule has 2 heteroatoms. The first kappa shape index (κ1) is 13.8. The monoisotopic (exact) mass is 254 g/mol. The van der Waals surface area contributed by atoms with Crippen molar-refractivity contribution in [2.75, 3.05) is 20.6 Å². The van der Waals surface area contributed by atoms with Crippen LogP contribution in [0.2, 0.25) is 0 Å². The maximum absolute atomic E-state index is 5.90. The van der Waals surface area contributed by atoms with Crippen molar-refractivity contribution in [2.24, 2.45) is 5.73 Å². The van der Waals surface area contributed by atoms with Crippen LogP contribution in [0.15, 0.2) is 60.7 Å². The van der Waals surface area contributed by atoms with Gasteiger partial charge in [-0.2, -0.15) is 0 Å². The zero-order valence-electron chi connectivity index (χ0n) is 11.7. The molecule has 0 aliphatic carbocycles. The summed E-state index contributed by atoms with van der Waals surface area (Å²) in [6, 6.07) is 21.2. The highest BCUT2D eigenvalue weighted by atomic mass is 15.1. The summed E-state index contributed by atoms with van der Waals surface area (Å²) in [5.74, 6) is 0. The van der Waals surface area contributed by atoms with Crippen LogP contribution in [-0.4, -0.2) is 25.5 Å². The van der Waals surface area contributed by atoms with E-state index in [1.54, 1.807) is 0 Å². The lowest BCUT2D eigenvalue weighted by Gasteiger charge is -2.41. The van der Waals surface area contributed by atoms with Crippen LogP contribution in [0.4, 0.5) is 0 Å². The Hall–Kier alpha value is -1.64. The number of nitrogens with zero attached hydrogens (tertiary/aromatic N) is 1. The highest BCUT2D eigenvalue weighted by Crippen LogP contribution is 2.37. The molecule has 100 valence electrons. The van der Waals surface area contributed by atoms with Crippen LogP contribution in [0.1, 0.15) is 17.5 Å². The van der Waals surface area contributed by atoms with Crippen molar-refractivity contribution in [3.8, 4) is 0 Å². The standard InChI is InChI=1S/C17H22N2/c1-19(2)17(13-14-18,15-9-5-3-6-10-15)16-11-7-4-8-12-16/h3-12H,13-14,18H2,1-2H3. The molecule has 0 fully saturated rings. The van der Waals surface area contributed by atoms with Gasteiger partial charge in [0.15, 0.2) is 0 Å². The molecular weight excluding hydrogens is 232 g/mol. The Morgan fingerprint density at radius 2 is 1.26 bits per heavy atom. The van der Waals surface area contributed by atoms with Gasteiger partial charge in [0.2, 0.25) is 0 Å². The fourth-order valence-electron chi connectivity index (χ4n) is 2.83. The summed E-state index contributed by atoms with van der Waals surface area (Å²) >= 11 is 0. The van der Waals surface area contributed by atoms with Gasteiger partial charge in [0.05, 0.1) is 5.54 Å². The quantitative estimate of drug-likeness (QED) is 0.889. The molecule has 0 bridgehead atoms. The van der Waals surface area contributed by atoms with E-state index in [-0.39, 0.29) is 5.54 Å². The number of hydrogen-bond donors (Lipinski definition) is 1. The molecule has 0 aliphatic rings. The molecule has 2 rings (SSSR count). The molecule has 2 nitrogen and oxygen atoms in total. The van der Waals surface area contributed by atoms with Gasteiger partial charge in [0, 0.05) is 0 Å². The largest absolute Gasteiger partial charge is 0.330 e. The normalized spacial score (nSPS) is 11.8. The van der Waals surface area contributed by atoms with E-state index in [0.717, 1.165) is 6.42 Å². The molecule has 0 unspecified atom stereocenters.